The molecule has 1 nitrogen and oxygen atoms in total. The van der Waals surface area contributed by atoms with Gasteiger partial charge in [0.2, 0.25) is 0 Å². The lowest BCUT2D eigenvalue weighted by molar-refractivity contribution is 0.226. The number of alkyl halides is 1. The average molecular weight is 179 g/mol. The molecule has 0 fully saturated rings. The van der Waals surface area contributed by atoms with Gasteiger partial charge in [-0.1, -0.05) is 27.6 Å². The quantitative estimate of drug-likeness (QED) is 0.475. The van der Waals surface area contributed by atoms with E-state index in [0.29, 0.717) is 0 Å². The average Bonchev–Trinajstić information content (AvgIpc) is 1.68. The molecule has 0 heterocycles. The molecule has 0 saturated carbocycles. The second-order valence-corrected chi connectivity index (χ2v) is 2.29. The van der Waals surface area contributed by atoms with Crippen LogP contribution in [0.4, 0.5) is 0 Å². The first kappa shape index (κ1) is 8.18. The second kappa shape index (κ2) is 5.32. The number of allylic oxidation sites excluding steroid dienone is 1. The van der Waals surface area contributed by atoms with E-state index < -0.39 is 0 Å². The first-order chi connectivity index (χ1) is 3.81. The summed E-state index contributed by atoms with van der Waals surface area (Å²) in [5.74, 6) is 0. The standard InChI is InChI=1S/C6H11BrO/c1-6(3-4-7)5-8-2/h3H,4-5H2,1-2H3. The monoisotopic (exact) mass is 178 g/mol. The van der Waals surface area contributed by atoms with E-state index in [9.17, 15) is 0 Å². The van der Waals surface area contributed by atoms with Gasteiger partial charge in [0.1, 0.15) is 0 Å². The molecule has 48 valence electrons. The Morgan fingerprint density at radius 2 is 2.38 bits per heavy atom. The molecule has 0 aromatic carbocycles. The van der Waals surface area contributed by atoms with Crippen molar-refractivity contribution in [3.05, 3.63) is 11.6 Å². The molecule has 0 aliphatic rings. The van der Waals surface area contributed by atoms with E-state index in [1.165, 1.54) is 5.57 Å². The molecule has 0 amide bonds. The molecule has 0 aromatic rings. The van der Waals surface area contributed by atoms with Crippen LogP contribution in [0.1, 0.15) is 6.92 Å². The molecule has 0 aliphatic carbocycles. The molecule has 8 heavy (non-hydrogen) atoms. The maximum absolute atomic E-state index is 4.87. The highest BCUT2D eigenvalue weighted by Crippen LogP contribution is 1.93. The zero-order valence-corrected chi connectivity index (χ0v) is 6.86. The van der Waals surface area contributed by atoms with Crippen LogP contribution in [0.2, 0.25) is 0 Å². The number of rotatable bonds is 3. The number of hydrogen-bond donors (Lipinski definition) is 0. The number of hydrogen-bond acceptors (Lipinski definition) is 1. The number of ether oxygens (including phenoxy) is 1. The summed E-state index contributed by atoms with van der Waals surface area (Å²) in [5.41, 5.74) is 1.27. The molecule has 0 bridgehead atoms. The van der Waals surface area contributed by atoms with Crippen LogP contribution in [0, 0.1) is 0 Å². The lowest BCUT2D eigenvalue weighted by Gasteiger charge is -1.94. The molecule has 0 atom stereocenters. The molecule has 0 spiro atoms. The van der Waals surface area contributed by atoms with Crippen molar-refractivity contribution in [2.24, 2.45) is 0 Å². The summed E-state index contributed by atoms with van der Waals surface area (Å²) in [5, 5.41) is 0.919. The van der Waals surface area contributed by atoms with E-state index in [2.05, 4.69) is 22.0 Å². The van der Waals surface area contributed by atoms with E-state index in [1.54, 1.807) is 7.11 Å². The first-order valence-corrected chi connectivity index (χ1v) is 3.64. The third-order valence-corrected chi connectivity index (χ3v) is 1.12. The van der Waals surface area contributed by atoms with Gasteiger partial charge in [0.05, 0.1) is 6.61 Å². The Morgan fingerprint density at radius 3 is 2.75 bits per heavy atom. The molecule has 0 radical (unpaired) electrons. The molecular weight excluding hydrogens is 168 g/mol. The van der Waals surface area contributed by atoms with Crippen LogP contribution >= 0.6 is 15.9 Å². The zero-order valence-electron chi connectivity index (χ0n) is 5.28. The molecule has 0 unspecified atom stereocenters. The SMILES string of the molecule is COCC(C)=CCBr. The van der Waals surface area contributed by atoms with Gasteiger partial charge in [0.15, 0.2) is 0 Å². The maximum Gasteiger partial charge on any atom is 0.0670 e. The maximum atomic E-state index is 4.87. The van der Waals surface area contributed by atoms with Crippen molar-refractivity contribution in [3.63, 3.8) is 0 Å². The van der Waals surface area contributed by atoms with Crippen molar-refractivity contribution in [1.82, 2.24) is 0 Å². The van der Waals surface area contributed by atoms with Gasteiger partial charge in [-0.25, -0.2) is 0 Å². The lowest BCUT2D eigenvalue weighted by atomic mass is 10.3. The van der Waals surface area contributed by atoms with Gasteiger partial charge in [-0.05, 0) is 6.92 Å². The van der Waals surface area contributed by atoms with E-state index in [0.717, 1.165) is 11.9 Å². The summed E-state index contributed by atoms with van der Waals surface area (Å²) >= 11 is 3.29. The van der Waals surface area contributed by atoms with E-state index in [-0.39, 0.29) is 0 Å². The van der Waals surface area contributed by atoms with Gasteiger partial charge < -0.3 is 4.74 Å². The third kappa shape index (κ3) is 4.34. The highest BCUT2D eigenvalue weighted by atomic mass is 79.9. The Bertz CT molecular complexity index is 78.6. The van der Waals surface area contributed by atoms with Gasteiger partial charge in [-0.3, -0.25) is 0 Å². The Hall–Kier alpha value is 0.180. The number of methoxy groups -OCH3 is 1. The van der Waals surface area contributed by atoms with Crippen LogP contribution < -0.4 is 0 Å². The highest BCUT2D eigenvalue weighted by Gasteiger charge is 1.82. The van der Waals surface area contributed by atoms with Crippen molar-refractivity contribution < 1.29 is 4.74 Å². The molecule has 0 saturated heterocycles. The van der Waals surface area contributed by atoms with Crippen molar-refractivity contribution >= 4 is 15.9 Å². The van der Waals surface area contributed by atoms with Gasteiger partial charge in [0, 0.05) is 12.4 Å². The van der Waals surface area contributed by atoms with E-state index in [1.807, 2.05) is 6.92 Å². The lowest BCUT2D eigenvalue weighted by Crippen LogP contribution is -1.88. The largest absolute Gasteiger partial charge is 0.380 e. The Balaban J connectivity index is 3.29. The summed E-state index contributed by atoms with van der Waals surface area (Å²) < 4.78 is 4.87. The summed E-state index contributed by atoms with van der Waals surface area (Å²) in [6.45, 7) is 2.79. The summed E-state index contributed by atoms with van der Waals surface area (Å²) in [4.78, 5) is 0. The molecule has 0 aliphatic heterocycles. The number of halogens is 1. The normalized spacial score (nSPS) is 12.1. The minimum absolute atomic E-state index is 0.742. The fourth-order valence-corrected chi connectivity index (χ4v) is 0.971. The minimum Gasteiger partial charge on any atom is -0.380 e. The van der Waals surface area contributed by atoms with Gasteiger partial charge in [-0.2, -0.15) is 0 Å². The van der Waals surface area contributed by atoms with Crippen molar-refractivity contribution in [2.75, 3.05) is 19.0 Å². The van der Waals surface area contributed by atoms with Gasteiger partial charge in [-0.15, -0.1) is 0 Å². The van der Waals surface area contributed by atoms with E-state index in [4.69, 9.17) is 4.74 Å². The van der Waals surface area contributed by atoms with Crippen LogP contribution in [0.15, 0.2) is 11.6 Å². The summed E-state index contributed by atoms with van der Waals surface area (Å²) in [7, 11) is 1.70. The topological polar surface area (TPSA) is 9.23 Å². The van der Waals surface area contributed by atoms with Crippen LogP contribution in [-0.2, 0) is 4.74 Å². The summed E-state index contributed by atoms with van der Waals surface area (Å²) in [6.07, 6.45) is 2.09. The van der Waals surface area contributed by atoms with Gasteiger partial charge in [0.25, 0.3) is 0 Å². The summed E-state index contributed by atoms with van der Waals surface area (Å²) in [6, 6.07) is 0. The smallest absolute Gasteiger partial charge is 0.0670 e. The van der Waals surface area contributed by atoms with Crippen LogP contribution in [-0.4, -0.2) is 19.0 Å². The first-order valence-electron chi connectivity index (χ1n) is 2.51. The fraction of sp³-hybridized carbons (Fsp3) is 0.667. The van der Waals surface area contributed by atoms with Crippen LogP contribution in [0.25, 0.3) is 0 Å². The predicted molar refractivity (Wildman–Crippen MR) is 39.4 cm³/mol. The Kier molecular flexibility index (Phi) is 5.44. The van der Waals surface area contributed by atoms with Crippen molar-refractivity contribution in [1.29, 1.82) is 0 Å². The molecule has 0 rings (SSSR count). The predicted octanol–water partition coefficient (Wildman–Crippen LogP) is 1.97. The fourth-order valence-electron chi connectivity index (χ4n) is 0.418. The minimum atomic E-state index is 0.742. The van der Waals surface area contributed by atoms with E-state index >= 15 is 0 Å². The zero-order chi connectivity index (χ0) is 6.41. The Labute approximate surface area is 58.9 Å². The second-order valence-electron chi connectivity index (χ2n) is 1.64. The van der Waals surface area contributed by atoms with Crippen molar-refractivity contribution in [3.8, 4) is 0 Å². The third-order valence-electron chi connectivity index (χ3n) is 0.798. The Morgan fingerprint density at radius 1 is 1.75 bits per heavy atom. The molecule has 2 heteroatoms. The van der Waals surface area contributed by atoms with Crippen LogP contribution in [0.5, 0.6) is 0 Å². The van der Waals surface area contributed by atoms with Crippen molar-refractivity contribution in [2.45, 2.75) is 6.92 Å². The van der Waals surface area contributed by atoms with Gasteiger partial charge >= 0.3 is 0 Å². The molecule has 0 N–H and O–H groups in total. The molecular formula is C6H11BrO. The van der Waals surface area contributed by atoms with Crippen LogP contribution in [0.3, 0.4) is 0 Å². The molecule has 0 aromatic heterocycles. The highest BCUT2D eigenvalue weighted by molar-refractivity contribution is 9.09.